The van der Waals surface area contributed by atoms with Crippen molar-refractivity contribution in [3.8, 4) is 5.75 Å². The van der Waals surface area contributed by atoms with Gasteiger partial charge in [-0.25, -0.2) is 0 Å². The van der Waals surface area contributed by atoms with Gasteiger partial charge in [0.1, 0.15) is 12.4 Å². The Morgan fingerprint density at radius 2 is 1.89 bits per heavy atom. The van der Waals surface area contributed by atoms with Crippen LogP contribution in [0.2, 0.25) is 0 Å². The standard InChI is InChI=1S/C23H33N3O/c1-17(2)22-15-25(5)10-11-26(22)14-20-12-18(3)23(19(4)13-20)27-16-21-8-6-7-9-24-21/h6-9,12-13,17,22H,10-11,14-16H2,1-5H3. The van der Waals surface area contributed by atoms with Crippen molar-refractivity contribution in [1.82, 2.24) is 14.8 Å². The molecular weight excluding hydrogens is 334 g/mol. The summed E-state index contributed by atoms with van der Waals surface area (Å²) in [6.45, 7) is 13.9. The number of benzene rings is 1. The van der Waals surface area contributed by atoms with Gasteiger partial charge in [0.05, 0.1) is 5.69 Å². The summed E-state index contributed by atoms with van der Waals surface area (Å²) >= 11 is 0. The molecule has 1 saturated heterocycles. The van der Waals surface area contributed by atoms with Gasteiger partial charge in [-0.3, -0.25) is 9.88 Å². The molecule has 1 aliphatic heterocycles. The van der Waals surface area contributed by atoms with E-state index in [9.17, 15) is 0 Å². The topological polar surface area (TPSA) is 28.6 Å². The van der Waals surface area contributed by atoms with Crippen molar-refractivity contribution >= 4 is 0 Å². The first kappa shape index (κ1) is 19.8. The lowest BCUT2D eigenvalue weighted by Crippen LogP contribution is -2.53. The molecule has 2 heterocycles. The highest BCUT2D eigenvalue weighted by Crippen LogP contribution is 2.27. The van der Waals surface area contributed by atoms with E-state index in [0.29, 0.717) is 18.6 Å². The molecule has 1 aromatic carbocycles. The smallest absolute Gasteiger partial charge is 0.130 e. The zero-order valence-corrected chi connectivity index (χ0v) is 17.4. The third kappa shape index (κ3) is 5.08. The molecule has 4 nitrogen and oxygen atoms in total. The molecule has 0 saturated carbocycles. The fraction of sp³-hybridized carbons (Fsp3) is 0.522. The van der Waals surface area contributed by atoms with Crippen LogP contribution in [0.3, 0.4) is 0 Å². The van der Waals surface area contributed by atoms with Crippen LogP contribution in [0.4, 0.5) is 0 Å². The minimum Gasteiger partial charge on any atom is -0.487 e. The highest BCUT2D eigenvalue weighted by molar-refractivity contribution is 5.43. The summed E-state index contributed by atoms with van der Waals surface area (Å²) in [5, 5.41) is 0. The zero-order chi connectivity index (χ0) is 19.4. The number of likely N-dealkylation sites (N-methyl/N-ethyl adjacent to an activating group) is 1. The van der Waals surface area contributed by atoms with Gasteiger partial charge in [-0.2, -0.15) is 0 Å². The maximum atomic E-state index is 6.09. The Morgan fingerprint density at radius 1 is 1.15 bits per heavy atom. The van der Waals surface area contributed by atoms with Gasteiger partial charge in [0, 0.05) is 38.4 Å². The number of piperazine rings is 1. The molecule has 0 N–H and O–H groups in total. The third-order valence-corrected chi connectivity index (χ3v) is 5.50. The van der Waals surface area contributed by atoms with Crippen molar-refractivity contribution in [2.24, 2.45) is 5.92 Å². The number of aromatic nitrogens is 1. The summed E-state index contributed by atoms with van der Waals surface area (Å²) in [7, 11) is 2.23. The van der Waals surface area contributed by atoms with E-state index in [1.54, 1.807) is 0 Å². The van der Waals surface area contributed by atoms with Crippen LogP contribution in [-0.2, 0) is 13.2 Å². The van der Waals surface area contributed by atoms with Crippen molar-refractivity contribution in [1.29, 1.82) is 0 Å². The Morgan fingerprint density at radius 3 is 2.52 bits per heavy atom. The summed E-state index contributed by atoms with van der Waals surface area (Å²) in [4.78, 5) is 9.44. The number of hydrogen-bond acceptors (Lipinski definition) is 4. The zero-order valence-electron chi connectivity index (χ0n) is 17.4. The van der Waals surface area contributed by atoms with Gasteiger partial charge < -0.3 is 9.64 Å². The quantitative estimate of drug-likeness (QED) is 0.770. The van der Waals surface area contributed by atoms with Crippen molar-refractivity contribution in [2.45, 2.75) is 46.9 Å². The molecule has 1 unspecified atom stereocenters. The molecule has 3 rings (SSSR count). The van der Waals surface area contributed by atoms with Gasteiger partial charge in [0.2, 0.25) is 0 Å². The average Bonchev–Trinajstić information content (AvgIpc) is 2.63. The number of nitrogens with zero attached hydrogens (tertiary/aromatic N) is 3. The van der Waals surface area contributed by atoms with Crippen molar-refractivity contribution in [2.75, 3.05) is 26.7 Å². The molecule has 0 amide bonds. The Balaban J connectivity index is 1.70. The molecule has 0 radical (unpaired) electrons. The number of aryl methyl sites for hydroxylation is 2. The largest absolute Gasteiger partial charge is 0.487 e. The molecule has 0 aliphatic carbocycles. The van der Waals surface area contributed by atoms with Gasteiger partial charge in [-0.1, -0.05) is 32.0 Å². The van der Waals surface area contributed by atoms with Crippen LogP contribution in [0.1, 0.15) is 36.2 Å². The molecule has 0 bridgehead atoms. The number of rotatable bonds is 6. The third-order valence-electron chi connectivity index (χ3n) is 5.50. The van der Waals surface area contributed by atoms with Gasteiger partial charge in [-0.05, 0) is 55.6 Å². The van der Waals surface area contributed by atoms with E-state index in [-0.39, 0.29) is 0 Å². The van der Waals surface area contributed by atoms with Crippen LogP contribution in [0.15, 0.2) is 36.5 Å². The van der Waals surface area contributed by atoms with E-state index < -0.39 is 0 Å². The normalized spacial score (nSPS) is 18.8. The highest BCUT2D eigenvalue weighted by Gasteiger charge is 2.27. The molecule has 1 fully saturated rings. The second-order valence-electron chi connectivity index (χ2n) is 8.21. The lowest BCUT2D eigenvalue weighted by Gasteiger charge is -2.42. The molecule has 1 aliphatic rings. The minimum atomic E-state index is 0.510. The maximum absolute atomic E-state index is 6.09. The first-order valence-electron chi connectivity index (χ1n) is 9.99. The Hall–Kier alpha value is -1.91. The van der Waals surface area contributed by atoms with Crippen LogP contribution in [0.25, 0.3) is 0 Å². The van der Waals surface area contributed by atoms with Crippen LogP contribution in [-0.4, -0.2) is 47.5 Å². The summed E-state index contributed by atoms with van der Waals surface area (Å²) < 4.78 is 6.09. The Labute approximate surface area is 164 Å². The Kier molecular flexibility index (Phi) is 6.51. The van der Waals surface area contributed by atoms with Crippen LogP contribution in [0.5, 0.6) is 5.75 Å². The van der Waals surface area contributed by atoms with Crippen LogP contribution in [0, 0.1) is 19.8 Å². The van der Waals surface area contributed by atoms with E-state index in [4.69, 9.17) is 4.74 Å². The van der Waals surface area contributed by atoms with Gasteiger partial charge in [0.25, 0.3) is 0 Å². The lowest BCUT2D eigenvalue weighted by molar-refractivity contribution is 0.0570. The highest BCUT2D eigenvalue weighted by atomic mass is 16.5. The van der Waals surface area contributed by atoms with Crippen LogP contribution < -0.4 is 4.74 Å². The van der Waals surface area contributed by atoms with Gasteiger partial charge in [-0.15, -0.1) is 0 Å². The molecule has 1 aromatic heterocycles. The summed E-state index contributed by atoms with van der Waals surface area (Å²) in [6, 6.07) is 11.1. The monoisotopic (exact) mass is 367 g/mol. The molecule has 0 spiro atoms. The molecule has 27 heavy (non-hydrogen) atoms. The predicted octanol–water partition coefficient (Wildman–Crippen LogP) is 4.05. The molecule has 4 heteroatoms. The lowest BCUT2D eigenvalue weighted by atomic mass is 9.98. The minimum absolute atomic E-state index is 0.510. The van der Waals surface area contributed by atoms with Crippen molar-refractivity contribution < 1.29 is 4.74 Å². The van der Waals surface area contributed by atoms with Crippen molar-refractivity contribution in [3.05, 3.63) is 58.9 Å². The van der Waals surface area contributed by atoms with Gasteiger partial charge in [0.15, 0.2) is 0 Å². The van der Waals surface area contributed by atoms with E-state index in [1.165, 1.54) is 16.7 Å². The Bertz CT molecular complexity index is 722. The van der Waals surface area contributed by atoms with Gasteiger partial charge >= 0.3 is 0 Å². The fourth-order valence-electron chi connectivity index (χ4n) is 4.04. The second-order valence-corrected chi connectivity index (χ2v) is 8.21. The fourth-order valence-corrected chi connectivity index (χ4v) is 4.04. The molecule has 1 atom stereocenters. The van der Waals surface area contributed by atoms with E-state index in [2.05, 4.69) is 61.7 Å². The van der Waals surface area contributed by atoms with E-state index >= 15 is 0 Å². The number of pyridine rings is 1. The predicted molar refractivity (Wildman–Crippen MR) is 111 cm³/mol. The number of hydrogen-bond donors (Lipinski definition) is 0. The second kappa shape index (κ2) is 8.85. The SMILES string of the molecule is Cc1cc(CN2CCN(C)CC2C(C)C)cc(C)c1OCc1ccccn1. The average molecular weight is 368 g/mol. The molecule has 146 valence electrons. The summed E-state index contributed by atoms with van der Waals surface area (Å²) in [5.74, 6) is 1.65. The number of ether oxygens (including phenoxy) is 1. The summed E-state index contributed by atoms with van der Waals surface area (Å²) in [6.07, 6.45) is 1.81. The van der Waals surface area contributed by atoms with E-state index in [1.807, 2.05) is 24.4 Å². The van der Waals surface area contributed by atoms with E-state index in [0.717, 1.165) is 37.6 Å². The van der Waals surface area contributed by atoms with Crippen LogP contribution >= 0.6 is 0 Å². The summed E-state index contributed by atoms with van der Waals surface area (Å²) in [5.41, 5.74) is 4.75. The first-order valence-corrected chi connectivity index (χ1v) is 9.99. The first-order chi connectivity index (χ1) is 12.9. The van der Waals surface area contributed by atoms with Crippen molar-refractivity contribution in [3.63, 3.8) is 0 Å². The molecule has 2 aromatic rings. The maximum Gasteiger partial charge on any atom is 0.130 e. The molecular formula is C23H33N3O.